The number of ether oxygens (including phenoxy) is 1. The summed E-state index contributed by atoms with van der Waals surface area (Å²) in [6.45, 7) is 1.20. The van der Waals surface area contributed by atoms with E-state index < -0.39 is 5.97 Å². The second kappa shape index (κ2) is 5.06. The van der Waals surface area contributed by atoms with Crippen LogP contribution in [0.15, 0.2) is 22.7 Å². The highest BCUT2D eigenvalue weighted by Crippen LogP contribution is 2.35. The van der Waals surface area contributed by atoms with Crippen LogP contribution in [0.5, 0.6) is 5.75 Å². The first-order chi connectivity index (χ1) is 8.13. The smallest absolute Gasteiger partial charge is 0.308 e. The molecule has 0 aromatic heterocycles. The number of rotatable bonds is 3. The van der Waals surface area contributed by atoms with Crippen molar-refractivity contribution in [1.82, 2.24) is 5.32 Å². The Balaban J connectivity index is 2.35. The van der Waals surface area contributed by atoms with Crippen LogP contribution in [-0.4, -0.2) is 31.3 Å². The number of aliphatic carboxylic acids is 1. The molecule has 1 saturated heterocycles. The number of halogens is 1. The van der Waals surface area contributed by atoms with Crippen LogP contribution in [0.3, 0.4) is 0 Å². The Bertz CT molecular complexity index is 436. The zero-order valence-corrected chi connectivity index (χ0v) is 11.0. The van der Waals surface area contributed by atoms with Gasteiger partial charge >= 0.3 is 5.97 Å². The Hall–Kier alpha value is -1.07. The van der Waals surface area contributed by atoms with E-state index in [0.717, 1.165) is 15.8 Å². The normalized spacial score (nSPS) is 23.6. The van der Waals surface area contributed by atoms with Crippen LogP contribution in [0, 0.1) is 5.92 Å². The fourth-order valence-electron chi connectivity index (χ4n) is 2.20. The van der Waals surface area contributed by atoms with Gasteiger partial charge in [0.1, 0.15) is 5.75 Å². The fraction of sp³-hybridized carbons (Fsp3) is 0.417. The first kappa shape index (κ1) is 12.4. The van der Waals surface area contributed by atoms with E-state index in [1.807, 2.05) is 18.2 Å². The Morgan fingerprint density at radius 1 is 1.53 bits per heavy atom. The molecule has 2 atom stereocenters. The maximum absolute atomic E-state index is 11.2. The van der Waals surface area contributed by atoms with Gasteiger partial charge in [0, 0.05) is 23.5 Å². The molecule has 1 heterocycles. The molecule has 1 aliphatic rings. The lowest BCUT2D eigenvalue weighted by Crippen LogP contribution is -2.21. The molecular weight excluding hydrogens is 286 g/mol. The summed E-state index contributed by atoms with van der Waals surface area (Å²) >= 11 is 3.47. The Morgan fingerprint density at radius 2 is 2.29 bits per heavy atom. The van der Waals surface area contributed by atoms with E-state index in [1.165, 1.54) is 0 Å². The highest BCUT2D eigenvalue weighted by molar-refractivity contribution is 9.10. The van der Waals surface area contributed by atoms with Gasteiger partial charge in [-0.15, -0.1) is 0 Å². The van der Waals surface area contributed by atoms with Gasteiger partial charge in [-0.05, 0) is 23.8 Å². The maximum Gasteiger partial charge on any atom is 0.308 e. The number of hydrogen-bond acceptors (Lipinski definition) is 3. The molecule has 17 heavy (non-hydrogen) atoms. The van der Waals surface area contributed by atoms with Gasteiger partial charge in [-0.2, -0.15) is 0 Å². The average Bonchev–Trinajstić information content (AvgIpc) is 2.78. The van der Waals surface area contributed by atoms with E-state index >= 15 is 0 Å². The number of carboxylic acids is 1. The van der Waals surface area contributed by atoms with Crippen LogP contribution in [0.4, 0.5) is 0 Å². The third-order valence-corrected chi connectivity index (χ3v) is 3.86. The topological polar surface area (TPSA) is 58.6 Å². The summed E-state index contributed by atoms with van der Waals surface area (Å²) in [6.07, 6.45) is 0. The highest BCUT2D eigenvalue weighted by atomic mass is 79.9. The molecule has 1 fully saturated rings. The number of hydrogen-bond donors (Lipinski definition) is 2. The van der Waals surface area contributed by atoms with Crippen molar-refractivity contribution in [2.24, 2.45) is 5.92 Å². The molecule has 92 valence electrons. The van der Waals surface area contributed by atoms with Crippen LogP contribution in [0.1, 0.15) is 11.5 Å². The molecule has 1 aliphatic heterocycles. The molecule has 0 saturated carbocycles. The van der Waals surface area contributed by atoms with Crippen LogP contribution < -0.4 is 10.1 Å². The number of benzene rings is 1. The molecule has 0 radical (unpaired) electrons. The molecule has 5 heteroatoms. The molecule has 1 aromatic rings. The largest absolute Gasteiger partial charge is 0.497 e. The Kier molecular flexibility index (Phi) is 3.69. The molecule has 2 N–H and O–H groups in total. The highest BCUT2D eigenvalue weighted by Gasteiger charge is 2.35. The maximum atomic E-state index is 11.2. The van der Waals surface area contributed by atoms with E-state index in [9.17, 15) is 9.90 Å². The minimum Gasteiger partial charge on any atom is -0.497 e. The molecule has 1 aromatic carbocycles. The van der Waals surface area contributed by atoms with Crippen LogP contribution in [0.25, 0.3) is 0 Å². The van der Waals surface area contributed by atoms with Crippen LogP contribution >= 0.6 is 15.9 Å². The van der Waals surface area contributed by atoms with Crippen molar-refractivity contribution in [3.05, 3.63) is 28.2 Å². The monoisotopic (exact) mass is 299 g/mol. The summed E-state index contributed by atoms with van der Waals surface area (Å²) in [6, 6.07) is 5.65. The van der Waals surface area contributed by atoms with Crippen molar-refractivity contribution < 1.29 is 14.6 Å². The lowest BCUT2D eigenvalue weighted by atomic mass is 9.89. The van der Waals surface area contributed by atoms with E-state index in [0.29, 0.717) is 13.1 Å². The van der Waals surface area contributed by atoms with Crippen molar-refractivity contribution in [3.63, 3.8) is 0 Å². The summed E-state index contributed by atoms with van der Waals surface area (Å²) in [5.41, 5.74) is 0.988. The zero-order chi connectivity index (χ0) is 12.4. The van der Waals surface area contributed by atoms with Gasteiger partial charge in [0.05, 0.1) is 13.0 Å². The number of nitrogens with one attached hydrogen (secondary N) is 1. The predicted molar refractivity (Wildman–Crippen MR) is 67.4 cm³/mol. The second-order valence-electron chi connectivity index (χ2n) is 4.10. The molecule has 0 spiro atoms. The minimum atomic E-state index is -0.755. The van der Waals surface area contributed by atoms with E-state index in [2.05, 4.69) is 21.2 Å². The molecule has 0 bridgehead atoms. The summed E-state index contributed by atoms with van der Waals surface area (Å²) in [4.78, 5) is 11.2. The quantitative estimate of drug-likeness (QED) is 0.894. The van der Waals surface area contributed by atoms with E-state index in [1.54, 1.807) is 7.11 Å². The Morgan fingerprint density at radius 3 is 2.94 bits per heavy atom. The summed E-state index contributed by atoms with van der Waals surface area (Å²) in [5, 5.41) is 12.3. The lowest BCUT2D eigenvalue weighted by Gasteiger charge is -2.17. The standard InChI is InChI=1S/C12H14BrNO3/c1-17-7-2-3-11(13)8(4-7)9-5-14-6-10(9)12(15)16/h2-4,9-10,14H,5-6H2,1H3,(H,15,16). The number of methoxy groups -OCH3 is 1. The van der Waals surface area contributed by atoms with Gasteiger partial charge in [-0.25, -0.2) is 0 Å². The molecular formula is C12H14BrNO3. The molecule has 4 nitrogen and oxygen atoms in total. The first-order valence-electron chi connectivity index (χ1n) is 5.40. The van der Waals surface area contributed by atoms with Crippen molar-refractivity contribution in [3.8, 4) is 5.75 Å². The summed E-state index contributed by atoms with van der Waals surface area (Å²) in [7, 11) is 1.61. The second-order valence-corrected chi connectivity index (χ2v) is 4.95. The van der Waals surface area contributed by atoms with Crippen molar-refractivity contribution in [1.29, 1.82) is 0 Å². The minimum absolute atomic E-state index is 0.0167. The first-order valence-corrected chi connectivity index (χ1v) is 6.19. The third kappa shape index (κ3) is 2.45. The molecule has 2 rings (SSSR count). The molecule has 2 unspecified atom stereocenters. The molecule has 0 amide bonds. The van der Waals surface area contributed by atoms with Gasteiger partial charge in [0.2, 0.25) is 0 Å². The van der Waals surface area contributed by atoms with Gasteiger partial charge in [-0.1, -0.05) is 15.9 Å². The Labute approximate surface area is 108 Å². The zero-order valence-electron chi connectivity index (χ0n) is 9.44. The SMILES string of the molecule is COc1ccc(Br)c(C2CNCC2C(=O)O)c1. The van der Waals surface area contributed by atoms with Gasteiger partial charge in [0.25, 0.3) is 0 Å². The third-order valence-electron chi connectivity index (χ3n) is 3.13. The lowest BCUT2D eigenvalue weighted by molar-refractivity contribution is -0.141. The average molecular weight is 300 g/mol. The number of carboxylic acid groups (broad SMARTS) is 1. The van der Waals surface area contributed by atoms with Gasteiger partial charge in [-0.3, -0.25) is 4.79 Å². The van der Waals surface area contributed by atoms with Crippen molar-refractivity contribution >= 4 is 21.9 Å². The van der Waals surface area contributed by atoms with E-state index in [4.69, 9.17) is 4.74 Å². The fourth-order valence-corrected chi connectivity index (χ4v) is 2.74. The van der Waals surface area contributed by atoms with Crippen LogP contribution in [-0.2, 0) is 4.79 Å². The van der Waals surface area contributed by atoms with E-state index in [-0.39, 0.29) is 11.8 Å². The summed E-state index contributed by atoms with van der Waals surface area (Å²) < 4.78 is 6.11. The van der Waals surface area contributed by atoms with Gasteiger partial charge < -0.3 is 15.2 Å². The number of carbonyl (C=O) groups is 1. The van der Waals surface area contributed by atoms with Crippen molar-refractivity contribution in [2.75, 3.05) is 20.2 Å². The molecule has 0 aliphatic carbocycles. The van der Waals surface area contributed by atoms with Crippen molar-refractivity contribution in [2.45, 2.75) is 5.92 Å². The van der Waals surface area contributed by atoms with Gasteiger partial charge in [0.15, 0.2) is 0 Å². The predicted octanol–water partition coefficient (Wildman–Crippen LogP) is 1.85. The summed E-state index contributed by atoms with van der Waals surface area (Å²) in [5.74, 6) is -0.399. The van der Waals surface area contributed by atoms with Crippen LogP contribution in [0.2, 0.25) is 0 Å².